The van der Waals surface area contributed by atoms with Crippen molar-refractivity contribution in [1.82, 2.24) is 5.32 Å². The Balaban J connectivity index is 1.97. The molecule has 0 saturated heterocycles. The van der Waals surface area contributed by atoms with E-state index in [1.54, 1.807) is 17.8 Å². The highest BCUT2D eigenvalue weighted by atomic mass is 32.2. The van der Waals surface area contributed by atoms with Crippen LogP contribution < -0.4 is 5.32 Å². The molecule has 21 heavy (non-hydrogen) atoms. The van der Waals surface area contributed by atoms with Gasteiger partial charge in [-0.15, -0.1) is 11.8 Å². The van der Waals surface area contributed by atoms with Crippen LogP contribution in [0.5, 0.6) is 0 Å². The fourth-order valence-electron chi connectivity index (χ4n) is 2.10. The first-order valence-corrected chi connectivity index (χ1v) is 7.88. The molecule has 1 N–H and O–H groups in total. The summed E-state index contributed by atoms with van der Waals surface area (Å²) in [6.07, 6.45) is 0.673. The SMILES string of the molecule is CNC(CSc1ccccc1C)Cc1ccc(F)c(F)c1. The van der Waals surface area contributed by atoms with Crippen LogP contribution in [-0.2, 0) is 6.42 Å². The number of hydrogen-bond acceptors (Lipinski definition) is 2. The zero-order valence-electron chi connectivity index (χ0n) is 12.2. The number of benzene rings is 2. The molecule has 1 nitrogen and oxygen atoms in total. The first-order chi connectivity index (χ1) is 10.1. The Hall–Kier alpha value is -1.39. The van der Waals surface area contributed by atoms with Crippen molar-refractivity contribution in [3.63, 3.8) is 0 Å². The van der Waals surface area contributed by atoms with Crippen molar-refractivity contribution >= 4 is 11.8 Å². The highest BCUT2D eigenvalue weighted by molar-refractivity contribution is 7.99. The molecule has 0 bridgehead atoms. The minimum absolute atomic E-state index is 0.208. The molecule has 4 heteroatoms. The van der Waals surface area contributed by atoms with Crippen molar-refractivity contribution in [2.24, 2.45) is 0 Å². The van der Waals surface area contributed by atoms with Crippen LogP contribution >= 0.6 is 11.8 Å². The summed E-state index contributed by atoms with van der Waals surface area (Å²) in [5, 5.41) is 3.24. The molecule has 0 aliphatic rings. The molecule has 1 unspecified atom stereocenters. The Bertz CT molecular complexity index is 601. The van der Waals surface area contributed by atoms with Crippen LogP contribution in [0, 0.1) is 18.6 Å². The summed E-state index contributed by atoms with van der Waals surface area (Å²) < 4.78 is 26.2. The van der Waals surface area contributed by atoms with E-state index in [9.17, 15) is 8.78 Å². The second kappa shape index (κ2) is 7.57. The fraction of sp³-hybridized carbons (Fsp3) is 0.294. The lowest BCUT2D eigenvalue weighted by molar-refractivity contribution is 0.505. The fourth-order valence-corrected chi connectivity index (χ4v) is 3.24. The molecule has 2 rings (SSSR count). The number of rotatable bonds is 6. The minimum atomic E-state index is -0.797. The van der Waals surface area contributed by atoms with E-state index in [1.807, 2.05) is 19.2 Å². The van der Waals surface area contributed by atoms with Crippen LogP contribution in [0.25, 0.3) is 0 Å². The van der Waals surface area contributed by atoms with Crippen molar-refractivity contribution in [3.05, 3.63) is 65.2 Å². The normalized spacial score (nSPS) is 12.4. The van der Waals surface area contributed by atoms with E-state index >= 15 is 0 Å². The van der Waals surface area contributed by atoms with E-state index in [1.165, 1.54) is 22.6 Å². The molecule has 0 aliphatic heterocycles. The van der Waals surface area contributed by atoms with Crippen LogP contribution in [0.3, 0.4) is 0 Å². The van der Waals surface area contributed by atoms with Crippen LogP contribution in [0.4, 0.5) is 8.78 Å². The van der Waals surface area contributed by atoms with Gasteiger partial charge in [0.25, 0.3) is 0 Å². The first kappa shape index (κ1) is 16.0. The summed E-state index contributed by atoms with van der Waals surface area (Å²) in [6.45, 7) is 2.09. The van der Waals surface area contributed by atoms with Gasteiger partial charge in [-0.1, -0.05) is 24.3 Å². The molecule has 1 atom stereocenters. The van der Waals surface area contributed by atoms with Gasteiger partial charge in [0, 0.05) is 16.7 Å². The van der Waals surface area contributed by atoms with E-state index in [-0.39, 0.29) is 6.04 Å². The summed E-state index contributed by atoms with van der Waals surface area (Å²) in [5.74, 6) is -0.705. The van der Waals surface area contributed by atoms with E-state index in [0.717, 1.165) is 11.3 Å². The lowest BCUT2D eigenvalue weighted by Crippen LogP contribution is -2.30. The van der Waals surface area contributed by atoms with Crippen LogP contribution in [0.2, 0.25) is 0 Å². The van der Waals surface area contributed by atoms with Crippen molar-refractivity contribution in [3.8, 4) is 0 Å². The van der Waals surface area contributed by atoms with Crippen molar-refractivity contribution in [2.75, 3.05) is 12.8 Å². The minimum Gasteiger partial charge on any atom is -0.316 e. The Kier molecular flexibility index (Phi) is 5.76. The second-order valence-corrected chi connectivity index (χ2v) is 6.08. The average Bonchev–Trinajstić information content (AvgIpc) is 2.48. The van der Waals surface area contributed by atoms with Crippen molar-refractivity contribution in [1.29, 1.82) is 0 Å². The third-order valence-corrected chi connectivity index (χ3v) is 4.75. The van der Waals surface area contributed by atoms with Gasteiger partial charge in [-0.2, -0.15) is 0 Å². The number of nitrogens with one attached hydrogen (secondary N) is 1. The molecule has 0 aromatic heterocycles. The number of likely N-dealkylation sites (N-methyl/N-ethyl adjacent to an activating group) is 1. The van der Waals surface area contributed by atoms with Gasteiger partial charge in [-0.25, -0.2) is 8.78 Å². The van der Waals surface area contributed by atoms with Crippen molar-refractivity contribution < 1.29 is 8.78 Å². The average molecular weight is 307 g/mol. The van der Waals surface area contributed by atoms with Gasteiger partial charge in [-0.3, -0.25) is 0 Å². The standard InChI is InChI=1S/C17H19F2NS/c1-12-5-3-4-6-17(12)21-11-14(20-2)9-13-7-8-15(18)16(19)10-13/h3-8,10,14,20H,9,11H2,1-2H3. The lowest BCUT2D eigenvalue weighted by atomic mass is 10.1. The molecule has 0 amide bonds. The summed E-state index contributed by atoms with van der Waals surface area (Å²) >= 11 is 1.78. The monoisotopic (exact) mass is 307 g/mol. The summed E-state index contributed by atoms with van der Waals surface area (Å²) in [7, 11) is 1.89. The lowest BCUT2D eigenvalue weighted by Gasteiger charge is -2.16. The highest BCUT2D eigenvalue weighted by Gasteiger charge is 2.11. The second-order valence-electron chi connectivity index (χ2n) is 5.01. The number of halogens is 2. The van der Waals surface area contributed by atoms with Crippen LogP contribution in [0.1, 0.15) is 11.1 Å². The van der Waals surface area contributed by atoms with Gasteiger partial charge in [0.1, 0.15) is 0 Å². The molecular formula is C17H19F2NS. The van der Waals surface area contributed by atoms with Gasteiger partial charge in [0.15, 0.2) is 11.6 Å². The molecule has 0 saturated carbocycles. The maximum atomic E-state index is 13.2. The van der Waals surface area contributed by atoms with Gasteiger partial charge in [0.05, 0.1) is 0 Å². The smallest absolute Gasteiger partial charge is 0.159 e. The molecular weight excluding hydrogens is 288 g/mol. The zero-order chi connectivity index (χ0) is 15.2. The molecule has 0 spiro atoms. The van der Waals surface area contributed by atoms with E-state index < -0.39 is 11.6 Å². The molecule has 2 aromatic rings. The quantitative estimate of drug-likeness (QED) is 0.803. The topological polar surface area (TPSA) is 12.0 Å². The molecule has 0 radical (unpaired) electrons. The predicted octanol–water partition coefficient (Wildman–Crippen LogP) is 4.20. The largest absolute Gasteiger partial charge is 0.316 e. The molecule has 0 heterocycles. The Morgan fingerprint density at radius 1 is 1.10 bits per heavy atom. The van der Waals surface area contributed by atoms with Crippen molar-refractivity contribution in [2.45, 2.75) is 24.3 Å². The maximum Gasteiger partial charge on any atom is 0.159 e. The molecule has 112 valence electrons. The van der Waals surface area contributed by atoms with Gasteiger partial charge in [-0.05, 0) is 49.7 Å². The Labute approximate surface area is 128 Å². The third-order valence-electron chi connectivity index (χ3n) is 3.41. The third kappa shape index (κ3) is 4.55. The van der Waals surface area contributed by atoms with E-state index in [4.69, 9.17) is 0 Å². The summed E-state index contributed by atoms with van der Waals surface area (Å²) in [4.78, 5) is 1.25. The summed E-state index contributed by atoms with van der Waals surface area (Å²) in [6, 6.07) is 12.6. The van der Waals surface area contributed by atoms with Gasteiger partial charge < -0.3 is 5.32 Å². The zero-order valence-corrected chi connectivity index (χ0v) is 13.0. The van der Waals surface area contributed by atoms with Crippen LogP contribution in [0.15, 0.2) is 47.4 Å². The number of hydrogen-bond donors (Lipinski definition) is 1. The molecule has 0 fully saturated rings. The van der Waals surface area contributed by atoms with E-state index in [2.05, 4.69) is 24.4 Å². The molecule has 0 aliphatic carbocycles. The summed E-state index contributed by atoms with van der Waals surface area (Å²) in [5.41, 5.74) is 2.06. The Morgan fingerprint density at radius 3 is 2.52 bits per heavy atom. The van der Waals surface area contributed by atoms with Crippen LogP contribution in [-0.4, -0.2) is 18.8 Å². The molecule has 2 aromatic carbocycles. The highest BCUT2D eigenvalue weighted by Crippen LogP contribution is 2.23. The van der Waals surface area contributed by atoms with E-state index in [0.29, 0.717) is 6.42 Å². The predicted molar refractivity (Wildman–Crippen MR) is 84.8 cm³/mol. The van der Waals surface area contributed by atoms with Gasteiger partial charge >= 0.3 is 0 Å². The number of thioether (sulfide) groups is 1. The maximum absolute atomic E-state index is 13.2. The Morgan fingerprint density at radius 2 is 1.86 bits per heavy atom. The van der Waals surface area contributed by atoms with Gasteiger partial charge in [0.2, 0.25) is 0 Å². The number of aryl methyl sites for hydroxylation is 1. The first-order valence-electron chi connectivity index (χ1n) is 6.89.